The van der Waals surface area contributed by atoms with Crippen LogP contribution in [0.2, 0.25) is 0 Å². The average Bonchev–Trinajstić information content (AvgIpc) is 4.05. The van der Waals surface area contributed by atoms with E-state index in [1.807, 2.05) is 109 Å². The topological polar surface area (TPSA) is 84.4 Å². The number of aromatic nitrogens is 5. The highest BCUT2D eigenvalue weighted by Gasteiger charge is 2.20. The van der Waals surface area contributed by atoms with Gasteiger partial charge in [-0.15, -0.1) is 0 Å². The Labute approximate surface area is 452 Å². The Morgan fingerprint density at radius 3 is 1.49 bits per heavy atom. The fourth-order valence-electron chi connectivity index (χ4n) is 10.6. The van der Waals surface area contributed by atoms with Crippen LogP contribution in [-0.4, -0.2) is 30.3 Å². The van der Waals surface area contributed by atoms with E-state index in [-0.39, 0.29) is 0 Å². The number of para-hydroxylation sites is 3. The quantitative estimate of drug-likeness (QED) is 0.134. The standard InChI is InChI=1S/C64H43N7.C7H8/c65-41-56-57(66-49-22-9-3-10-23-49)36-35-54-55-39-46(47-30-34-53-52-26-13-14-27-58(52)70(60(53)40-47)50-24-11-4-12-25-50)31-37-59(55)71(61(54)56)51-32-28-42(29-33-51)45-20-15-21-48(38-45)64-68-62(43-16-5-1-6-17-43)67-63(69-64)44-18-7-2-8-19-44;1-7-5-3-2-4-6-7/h1-41,65-66H;2-6H,1H3. The summed E-state index contributed by atoms with van der Waals surface area (Å²) in [4.78, 5) is 14.9. The summed E-state index contributed by atoms with van der Waals surface area (Å²) < 4.78 is 4.68. The van der Waals surface area contributed by atoms with Gasteiger partial charge < -0.3 is 19.9 Å². The number of benzene rings is 11. The van der Waals surface area contributed by atoms with Gasteiger partial charge in [0, 0.05) is 72.8 Å². The molecule has 7 heteroatoms. The van der Waals surface area contributed by atoms with Crippen LogP contribution in [0.1, 0.15) is 11.1 Å². The number of hydrogen-bond donors (Lipinski definition) is 2. The Bertz CT molecular complexity index is 4400. The second-order valence-corrected chi connectivity index (χ2v) is 19.4. The molecular weight excluding hydrogens is 951 g/mol. The van der Waals surface area contributed by atoms with Crippen molar-refractivity contribution in [2.45, 2.75) is 6.92 Å². The van der Waals surface area contributed by atoms with Gasteiger partial charge in [0.25, 0.3) is 0 Å². The lowest BCUT2D eigenvalue weighted by Crippen LogP contribution is -2.01. The fourth-order valence-corrected chi connectivity index (χ4v) is 10.6. The lowest BCUT2D eigenvalue weighted by atomic mass is 10.0. The SMILES string of the molecule is Cc1ccccc1.N=Cc1c(Nc2ccccc2)ccc2c3cc(-c4ccc5c6ccccc6n(-c6ccccc6)c5c4)ccc3n(-c3ccc(-c4cccc(-c5nc(-c6ccccc6)nc(-c6ccccc6)n5)c4)cc3)c12. The first-order valence-electron chi connectivity index (χ1n) is 26.2. The second-order valence-electron chi connectivity index (χ2n) is 19.4. The van der Waals surface area contributed by atoms with Crippen molar-refractivity contribution in [3.05, 3.63) is 284 Å². The minimum absolute atomic E-state index is 0.610. The summed E-state index contributed by atoms with van der Waals surface area (Å²) in [5.74, 6) is 1.86. The predicted octanol–water partition coefficient (Wildman–Crippen LogP) is 18.1. The number of anilines is 2. The number of nitrogens with one attached hydrogen (secondary N) is 2. The number of nitrogens with zero attached hydrogens (tertiary/aromatic N) is 5. The molecule has 0 spiro atoms. The van der Waals surface area contributed by atoms with Crippen LogP contribution in [0.25, 0.3) is 111 Å². The first-order valence-corrected chi connectivity index (χ1v) is 26.2. The smallest absolute Gasteiger partial charge is 0.164 e. The summed E-state index contributed by atoms with van der Waals surface area (Å²) >= 11 is 0. The van der Waals surface area contributed by atoms with Crippen LogP contribution in [-0.2, 0) is 0 Å². The van der Waals surface area contributed by atoms with Crippen LogP contribution in [0.15, 0.2) is 273 Å². The zero-order valence-electron chi connectivity index (χ0n) is 42.8. The van der Waals surface area contributed by atoms with Crippen LogP contribution in [0.5, 0.6) is 0 Å². The normalized spacial score (nSPS) is 11.2. The van der Waals surface area contributed by atoms with Gasteiger partial charge in [-0.05, 0) is 102 Å². The summed E-state index contributed by atoms with van der Waals surface area (Å²) in [7, 11) is 0. The third kappa shape index (κ3) is 9.05. The maximum absolute atomic E-state index is 8.92. The zero-order valence-corrected chi connectivity index (χ0v) is 42.8. The van der Waals surface area contributed by atoms with Crippen molar-refractivity contribution in [3.8, 4) is 67.8 Å². The van der Waals surface area contributed by atoms with E-state index in [1.54, 1.807) is 0 Å². The van der Waals surface area contributed by atoms with Crippen LogP contribution >= 0.6 is 0 Å². The molecule has 0 bridgehead atoms. The van der Waals surface area contributed by atoms with E-state index in [9.17, 15) is 0 Å². The van der Waals surface area contributed by atoms with Crippen LogP contribution in [0.4, 0.5) is 11.4 Å². The minimum Gasteiger partial charge on any atom is -0.355 e. The average molecular weight is 1000 g/mol. The molecule has 0 aliphatic rings. The van der Waals surface area contributed by atoms with Crippen molar-refractivity contribution in [2.24, 2.45) is 0 Å². The van der Waals surface area contributed by atoms with E-state index in [2.05, 4.69) is 185 Å². The molecule has 0 saturated heterocycles. The molecule has 370 valence electrons. The highest BCUT2D eigenvalue weighted by Crippen LogP contribution is 2.41. The van der Waals surface area contributed by atoms with Crippen molar-refractivity contribution < 1.29 is 0 Å². The van der Waals surface area contributed by atoms with Gasteiger partial charge in [-0.3, -0.25) is 0 Å². The van der Waals surface area contributed by atoms with Crippen LogP contribution in [0, 0.1) is 12.3 Å². The molecule has 0 amide bonds. The van der Waals surface area contributed by atoms with Gasteiger partial charge in [0.2, 0.25) is 0 Å². The highest BCUT2D eigenvalue weighted by molar-refractivity contribution is 6.17. The van der Waals surface area contributed by atoms with Gasteiger partial charge in [-0.25, -0.2) is 15.0 Å². The summed E-state index contributed by atoms with van der Waals surface area (Å²) in [5.41, 5.74) is 17.5. The molecule has 14 rings (SSSR count). The molecule has 3 heterocycles. The minimum atomic E-state index is 0.610. The molecule has 0 radical (unpaired) electrons. The maximum Gasteiger partial charge on any atom is 0.164 e. The van der Waals surface area contributed by atoms with E-state index >= 15 is 0 Å². The molecule has 78 heavy (non-hydrogen) atoms. The molecular formula is C71H51N7. The molecule has 0 atom stereocenters. The zero-order chi connectivity index (χ0) is 52.4. The third-order valence-corrected chi connectivity index (χ3v) is 14.4. The lowest BCUT2D eigenvalue weighted by Gasteiger charge is -2.14. The van der Waals surface area contributed by atoms with Crippen LogP contribution < -0.4 is 5.32 Å². The van der Waals surface area contributed by atoms with Crippen LogP contribution in [0.3, 0.4) is 0 Å². The fraction of sp³-hybridized carbons (Fsp3) is 0.0141. The Balaban J connectivity index is 0.000000769. The molecule has 0 saturated carbocycles. The highest BCUT2D eigenvalue weighted by atomic mass is 15.0. The maximum atomic E-state index is 8.92. The van der Waals surface area contributed by atoms with Crippen molar-refractivity contribution in [3.63, 3.8) is 0 Å². The molecule has 0 aliphatic heterocycles. The van der Waals surface area contributed by atoms with Crippen molar-refractivity contribution in [1.29, 1.82) is 5.41 Å². The molecule has 0 unspecified atom stereocenters. The Hall–Kier alpha value is -10.5. The number of fused-ring (bicyclic) bond motifs is 6. The Kier molecular flexibility index (Phi) is 12.5. The molecule has 0 fully saturated rings. The summed E-state index contributed by atoms with van der Waals surface area (Å²) in [6.45, 7) is 2.08. The molecule has 11 aromatic carbocycles. The monoisotopic (exact) mass is 1000 g/mol. The molecule has 0 aliphatic carbocycles. The summed E-state index contributed by atoms with van der Waals surface area (Å²) in [6.07, 6.45) is 1.48. The van der Waals surface area contributed by atoms with Crippen molar-refractivity contribution in [2.75, 3.05) is 5.32 Å². The van der Waals surface area contributed by atoms with Gasteiger partial charge in [0.1, 0.15) is 0 Å². The number of rotatable bonds is 10. The Morgan fingerprint density at radius 2 is 0.833 bits per heavy atom. The van der Waals surface area contributed by atoms with E-state index in [4.69, 9.17) is 20.4 Å². The summed E-state index contributed by atoms with van der Waals surface area (Å²) in [5, 5.41) is 17.2. The van der Waals surface area contributed by atoms with E-state index < -0.39 is 0 Å². The van der Waals surface area contributed by atoms with E-state index in [0.29, 0.717) is 17.5 Å². The number of hydrogen-bond acceptors (Lipinski definition) is 5. The first kappa shape index (κ1) is 47.2. The largest absolute Gasteiger partial charge is 0.355 e. The third-order valence-electron chi connectivity index (χ3n) is 14.4. The van der Waals surface area contributed by atoms with Gasteiger partial charge in [-0.1, -0.05) is 206 Å². The van der Waals surface area contributed by atoms with Crippen molar-refractivity contribution in [1.82, 2.24) is 24.1 Å². The summed E-state index contributed by atoms with van der Waals surface area (Å²) in [6, 6.07) is 94.8. The van der Waals surface area contributed by atoms with Gasteiger partial charge in [0.15, 0.2) is 17.5 Å². The molecule has 2 N–H and O–H groups in total. The van der Waals surface area contributed by atoms with E-state index in [1.165, 1.54) is 28.1 Å². The second kappa shape index (κ2) is 20.7. The first-order chi connectivity index (χ1) is 38.5. The van der Waals surface area contributed by atoms with Crippen molar-refractivity contribution >= 4 is 61.2 Å². The van der Waals surface area contributed by atoms with Gasteiger partial charge >= 0.3 is 0 Å². The molecule has 3 aromatic heterocycles. The number of aryl methyl sites for hydroxylation is 1. The predicted molar refractivity (Wildman–Crippen MR) is 324 cm³/mol. The van der Waals surface area contributed by atoms with E-state index in [0.717, 1.165) is 94.6 Å². The Morgan fingerprint density at radius 1 is 0.346 bits per heavy atom. The molecule has 7 nitrogen and oxygen atoms in total. The molecule has 14 aromatic rings. The van der Waals surface area contributed by atoms with Gasteiger partial charge in [0.05, 0.1) is 22.1 Å². The van der Waals surface area contributed by atoms with Gasteiger partial charge in [-0.2, -0.15) is 0 Å². The lowest BCUT2D eigenvalue weighted by molar-refractivity contribution is 1.07.